The molecule has 5 nitrogen and oxygen atoms in total. The minimum atomic E-state index is -3.79. The van der Waals surface area contributed by atoms with Crippen LogP contribution in [0.1, 0.15) is 32.1 Å². The van der Waals surface area contributed by atoms with Gasteiger partial charge in [0, 0.05) is 12.6 Å². The Balaban J connectivity index is 0. The third kappa shape index (κ3) is 9.74. The predicted molar refractivity (Wildman–Crippen MR) is 53.2 cm³/mol. The molecule has 0 heterocycles. The van der Waals surface area contributed by atoms with Crippen molar-refractivity contribution in [2.45, 2.75) is 38.1 Å². The molecular formula is C8H18NNaO4S. The van der Waals surface area contributed by atoms with E-state index in [0.29, 0.717) is 12.6 Å². The van der Waals surface area contributed by atoms with Gasteiger partial charge in [0.15, 0.2) is 0 Å². The number of hydrogen-bond donors (Lipinski definition) is 2. The van der Waals surface area contributed by atoms with E-state index in [0.717, 1.165) is 12.8 Å². The summed E-state index contributed by atoms with van der Waals surface area (Å²) >= 11 is 0. The first-order chi connectivity index (χ1) is 6.08. The maximum atomic E-state index is 10.4. The molecule has 0 aromatic heterocycles. The van der Waals surface area contributed by atoms with Crippen LogP contribution in [0, 0.1) is 0 Å². The van der Waals surface area contributed by atoms with Crippen LogP contribution < -0.4 is 34.9 Å². The zero-order valence-corrected chi connectivity index (χ0v) is 12.0. The molecule has 0 aliphatic heterocycles. The van der Waals surface area contributed by atoms with Gasteiger partial charge in [-0.25, -0.2) is 0 Å². The van der Waals surface area contributed by atoms with Gasteiger partial charge in [-0.1, -0.05) is 19.3 Å². The monoisotopic (exact) mass is 247 g/mol. The molecule has 3 N–H and O–H groups in total. The van der Waals surface area contributed by atoms with Crippen molar-refractivity contribution in [2.75, 3.05) is 12.3 Å². The Bertz CT molecular complexity index is 239. The van der Waals surface area contributed by atoms with Gasteiger partial charge >= 0.3 is 29.6 Å². The van der Waals surface area contributed by atoms with Gasteiger partial charge in [-0.3, -0.25) is 4.55 Å². The fourth-order valence-corrected chi connectivity index (χ4v) is 2.07. The van der Waals surface area contributed by atoms with Crippen molar-refractivity contribution in [3.8, 4) is 0 Å². The Morgan fingerprint density at radius 2 is 1.73 bits per heavy atom. The second-order valence-corrected chi connectivity index (χ2v) is 5.15. The number of hydrogen-bond acceptors (Lipinski definition) is 4. The molecule has 1 fully saturated rings. The first-order valence-electron chi connectivity index (χ1n) is 4.76. The summed E-state index contributed by atoms with van der Waals surface area (Å²) < 4.78 is 29.3. The van der Waals surface area contributed by atoms with Gasteiger partial charge < -0.3 is 10.8 Å². The summed E-state index contributed by atoms with van der Waals surface area (Å²) in [4.78, 5) is 0. The van der Waals surface area contributed by atoms with Gasteiger partial charge in [-0.05, 0) is 12.8 Å². The molecule has 0 aromatic rings. The van der Waals surface area contributed by atoms with Crippen molar-refractivity contribution in [1.82, 2.24) is 5.32 Å². The SMILES string of the molecule is O=S(=O)(O)CCNC1CCCCC1.[Na+].[OH-]. The molecule has 0 bridgehead atoms. The van der Waals surface area contributed by atoms with Crippen LogP contribution in [0.3, 0.4) is 0 Å². The Hall–Kier alpha value is 0.830. The second kappa shape index (κ2) is 8.92. The summed E-state index contributed by atoms with van der Waals surface area (Å²) in [5.41, 5.74) is 0. The molecule has 1 rings (SSSR count). The molecule has 1 aliphatic carbocycles. The van der Waals surface area contributed by atoms with Crippen molar-refractivity contribution in [2.24, 2.45) is 0 Å². The molecule has 1 aliphatic rings. The molecule has 0 saturated heterocycles. The number of nitrogens with one attached hydrogen (secondary N) is 1. The van der Waals surface area contributed by atoms with Crippen molar-refractivity contribution in [1.29, 1.82) is 0 Å². The van der Waals surface area contributed by atoms with E-state index in [2.05, 4.69) is 5.32 Å². The summed E-state index contributed by atoms with van der Waals surface area (Å²) in [6.45, 7) is 0.365. The molecule has 0 unspecified atom stereocenters. The molecule has 0 spiro atoms. The third-order valence-electron chi connectivity index (χ3n) is 2.40. The first kappa shape index (κ1) is 18.2. The average Bonchev–Trinajstić information content (AvgIpc) is 2.04. The summed E-state index contributed by atoms with van der Waals surface area (Å²) in [6, 6.07) is 0.454. The zero-order valence-electron chi connectivity index (χ0n) is 9.15. The van der Waals surface area contributed by atoms with E-state index >= 15 is 0 Å². The van der Waals surface area contributed by atoms with Crippen LogP contribution in [-0.4, -0.2) is 36.8 Å². The molecule has 0 atom stereocenters. The minimum absolute atomic E-state index is 0. The topological polar surface area (TPSA) is 96.4 Å². The van der Waals surface area contributed by atoms with E-state index in [4.69, 9.17) is 4.55 Å². The van der Waals surface area contributed by atoms with Gasteiger partial charge in [0.1, 0.15) is 0 Å². The van der Waals surface area contributed by atoms with Crippen LogP contribution in [0.5, 0.6) is 0 Å². The Labute approximate surface area is 113 Å². The number of rotatable bonds is 4. The fraction of sp³-hybridized carbons (Fsp3) is 1.00. The molecule has 1 saturated carbocycles. The predicted octanol–water partition coefficient (Wildman–Crippen LogP) is -2.38. The van der Waals surface area contributed by atoms with Crippen molar-refractivity contribution < 1.29 is 48.0 Å². The Kier molecular flexibility index (Phi) is 10.8. The maximum absolute atomic E-state index is 10.4. The summed E-state index contributed by atoms with van der Waals surface area (Å²) in [6.07, 6.45) is 6.00. The summed E-state index contributed by atoms with van der Waals surface area (Å²) in [7, 11) is -3.79. The molecule has 0 radical (unpaired) electrons. The maximum Gasteiger partial charge on any atom is 1.00 e. The van der Waals surface area contributed by atoms with Crippen LogP contribution in [0.2, 0.25) is 0 Å². The summed E-state index contributed by atoms with van der Waals surface area (Å²) in [5.74, 6) is -0.177. The van der Waals surface area contributed by atoms with Crippen LogP contribution in [0.25, 0.3) is 0 Å². The van der Waals surface area contributed by atoms with Crippen molar-refractivity contribution >= 4 is 10.1 Å². The first-order valence-corrected chi connectivity index (χ1v) is 6.37. The van der Waals surface area contributed by atoms with Gasteiger partial charge in [0.05, 0.1) is 5.75 Å². The molecule has 0 aromatic carbocycles. The molecule has 7 heteroatoms. The van der Waals surface area contributed by atoms with E-state index < -0.39 is 10.1 Å². The average molecular weight is 247 g/mol. The van der Waals surface area contributed by atoms with Crippen LogP contribution >= 0.6 is 0 Å². The van der Waals surface area contributed by atoms with Crippen LogP contribution in [-0.2, 0) is 10.1 Å². The quantitative estimate of drug-likeness (QED) is 0.427. The minimum Gasteiger partial charge on any atom is -0.870 e. The largest absolute Gasteiger partial charge is 1.00 e. The molecular weight excluding hydrogens is 229 g/mol. The summed E-state index contributed by atoms with van der Waals surface area (Å²) in [5, 5.41) is 3.14. The third-order valence-corrected chi connectivity index (χ3v) is 3.12. The Morgan fingerprint density at radius 1 is 1.20 bits per heavy atom. The van der Waals surface area contributed by atoms with Gasteiger partial charge in [-0.15, -0.1) is 0 Å². The fourth-order valence-electron chi connectivity index (χ4n) is 1.70. The van der Waals surface area contributed by atoms with E-state index in [1.165, 1.54) is 19.3 Å². The zero-order chi connectivity index (χ0) is 9.73. The van der Waals surface area contributed by atoms with Crippen molar-refractivity contribution in [3.63, 3.8) is 0 Å². The molecule has 15 heavy (non-hydrogen) atoms. The van der Waals surface area contributed by atoms with E-state index in [9.17, 15) is 8.42 Å². The van der Waals surface area contributed by atoms with E-state index in [1.54, 1.807) is 0 Å². The normalized spacial score (nSPS) is 17.7. The van der Waals surface area contributed by atoms with Crippen LogP contribution in [0.15, 0.2) is 0 Å². The van der Waals surface area contributed by atoms with Crippen LogP contribution in [0.4, 0.5) is 0 Å². The van der Waals surface area contributed by atoms with Gasteiger partial charge in [-0.2, -0.15) is 8.42 Å². The molecule has 86 valence electrons. The van der Waals surface area contributed by atoms with E-state index in [-0.39, 0.29) is 40.8 Å². The second-order valence-electron chi connectivity index (χ2n) is 3.58. The Morgan fingerprint density at radius 3 is 2.20 bits per heavy atom. The molecule has 0 amide bonds. The standard InChI is InChI=1S/C8H17NO3S.Na.H2O/c10-13(11,12)7-6-9-8-4-2-1-3-5-8;;/h8-9H,1-7H2,(H,10,11,12);;1H2/q;+1;/p-1. The smallest absolute Gasteiger partial charge is 0.870 e. The van der Waals surface area contributed by atoms with Gasteiger partial charge in [0.25, 0.3) is 10.1 Å². The van der Waals surface area contributed by atoms with Crippen molar-refractivity contribution in [3.05, 3.63) is 0 Å². The van der Waals surface area contributed by atoms with E-state index in [1.807, 2.05) is 0 Å². The van der Waals surface area contributed by atoms with Gasteiger partial charge in [0.2, 0.25) is 0 Å².